The number of nitrogens with one attached hydrogen (secondary N) is 1. The van der Waals surface area contributed by atoms with E-state index in [1.807, 2.05) is 0 Å². The Morgan fingerprint density at radius 2 is 1.45 bits per heavy atom. The first-order chi connectivity index (χ1) is 9.83. The molecule has 0 atom stereocenters. The Kier molecular flexibility index (Phi) is 7.12. The van der Waals surface area contributed by atoms with Crippen molar-refractivity contribution in [2.75, 3.05) is 6.54 Å². The lowest BCUT2D eigenvalue weighted by atomic mass is 9.89. The zero-order valence-corrected chi connectivity index (χ0v) is 14.0. The largest absolute Gasteiger partial charge is 0.363 e. The topological polar surface area (TPSA) is 15.3 Å². The van der Waals surface area contributed by atoms with Gasteiger partial charge in [0.2, 0.25) is 0 Å². The van der Waals surface area contributed by atoms with Gasteiger partial charge in [-0.1, -0.05) is 51.9 Å². The molecule has 0 saturated heterocycles. The van der Waals surface area contributed by atoms with Gasteiger partial charge in [-0.15, -0.1) is 0 Å². The van der Waals surface area contributed by atoms with Gasteiger partial charge in [0.15, 0.2) is 5.11 Å². The average molecular weight is 297 g/mol. The Morgan fingerprint density at radius 1 is 0.950 bits per heavy atom. The van der Waals surface area contributed by atoms with E-state index < -0.39 is 0 Å². The van der Waals surface area contributed by atoms with Crippen LogP contribution in [0.2, 0.25) is 0 Å². The fourth-order valence-corrected chi connectivity index (χ4v) is 4.21. The van der Waals surface area contributed by atoms with Gasteiger partial charge in [-0.25, -0.2) is 0 Å². The minimum atomic E-state index is 0.716. The van der Waals surface area contributed by atoms with Crippen LogP contribution in [0.25, 0.3) is 0 Å². The van der Waals surface area contributed by atoms with Gasteiger partial charge in [-0.2, -0.15) is 0 Å². The van der Waals surface area contributed by atoms with E-state index in [0.717, 1.165) is 11.7 Å². The summed E-state index contributed by atoms with van der Waals surface area (Å²) >= 11 is 5.77. The zero-order valence-electron chi connectivity index (χ0n) is 13.2. The normalized spacial score (nSPS) is 21.6. The summed E-state index contributed by atoms with van der Waals surface area (Å²) in [4.78, 5) is 2.63. The molecule has 3 heteroatoms. The smallest absolute Gasteiger partial charge is 0.169 e. The zero-order chi connectivity index (χ0) is 14.2. The van der Waals surface area contributed by atoms with Crippen molar-refractivity contribution < 1.29 is 0 Å². The predicted octanol–water partition coefficient (Wildman–Crippen LogP) is 4.63. The van der Waals surface area contributed by atoms with Crippen LogP contribution in [0, 0.1) is 0 Å². The molecule has 2 saturated carbocycles. The summed E-state index contributed by atoms with van der Waals surface area (Å²) < 4.78 is 0. The SMILES string of the molecule is CCCCNC(=S)N(C1CCCCC1)C1CCCCC1. The van der Waals surface area contributed by atoms with Crippen LogP contribution in [0.15, 0.2) is 0 Å². The summed E-state index contributed by atoms with van der Waals surface area (Å²) in [6.45, 7) is 3.29. The van der Waals surface area contributed by atoms with Gasteiger partial charge in [-0.05, 0) is 44.3 Å². The van der Waals surface area contributed by atoms with Crippen molar-refractivity contribution in [2.45, 2.75) is 96.1 Å². The number of rotatable bonds is 5. The minimum absolute atomic E-state index is 0.716. The molecule has 2 aliphatic rings. The highest BCUT2D eigenvalue weighted by atomic mass is 32.1. The standard InChI is InChI=1S/C17H32N2S/c1-2-3-14-18-17(20)19(15-10-6-4-7-11-15)16-12-8-5-9-13-16/h15-16H,2-14H2,1H3,(H,18,20). The quantitative estimate of drug-likeness (QED) is 0.588. The molecule has 0 aromatic carbocycles. The van der Waals surface area contributed by atoms with Crippen molar-refractivity contribution in [2.24, 2.45) is 0 Å². The molecule has 0 bridgehead atoms. The molecule has 0 amide bonds. The lowest BCUT2D eigenvalue weighted by Crippen LogP contribution is -2.52. The van der Waals surface area contributed by atoms with Gasteiger partial charge in [0.1, 0.15) is 0 Å². The molecule has 116 valence electrons. The molecule has 2 fully saturated rings. The van der Waals surface area contributed by atoms with Crippen molar-refractivity contribution in [1.29, 1.82) is 0 Å². The first-order valence-electron chi connectivity index (χ1n) is 8.89. The second-order valence-corrected chi connectivity index (χ2v) is 6.96. The number of nitrogens with zero attached hydrogens (tertiary/aromatic N) is 1. The van der Waals surface area contributed by atoms with Gasteiger partial charge >= 0.3 is 0 Å². The van der Waals surface area contributed by atoms with Crippen LogP contribution in [0.4, 0.5) is 0 Å². The van der Waals surface area contributed by atoms with Crippen LogP contribution in [0.3, 0.4) is 0 Å². The maximum Gasteiger partial charge on any atom is 0.169 e. The van der Waals surface area contributed by atoms with E-state index in [4.69, 9.17) is 12.2 Å². The Hall–Kier alpha value is -0.310. The van der Waals surface area contributed by atoms with Gasteiger partial charge in [-0.3, -0.25) is 0 Å². The van der Waals surface area contributed by atoms with Crippen molar-refractivity contribution in [3.8, 4) is 0 Å². The number of hydrogen-bond acceptors (Lipinski definition) is 1. The van der Waals surface area contributed by atoms with Crippen LogP contribution in [-0.4, -0.2) is 28.6 Å². The fraction of sp³-hybridized carbons (Fsp3) is 0.941. The van der Waals surface area contributed by atoms with Gasteiger partial charge < -0.3 is 10.2 Å². The molecule has 0 spiro atoms. The second kappa shape index (κ2) is 8.86. The third-order valence-corrected chi connectivity index (χ3v) is 5.33. The van der Waals surface area contributed by atoms with E-state index in [-0.39, 0.29) is 0 Å². The Morgan fingerprint density at radius 3 is 1.90 bits per heavy atom. The molecule has 0 heterocycles. The summed E-state index contributed by atoms with van der Waals surface area (Å²) in [6.07, 6.45) is 16.3. The lowest BCUT2D eigenvalue weighted by molar-refractivity contribution is 0.156. The third kappa shape index (κ3) is 4.61. The third-order valence-electron chi connectivity index (χ3n) is 4.98. The van der Waals surface area contributed by atoms with Crippen molar-refractivity contribution in [1.82, 2.24) is 10.2 Å². The first kappa shape index (κ1) is 16.1. The molecule has 2 nitrogen and oxygen atoms in total. The highest BCUT2D eigenvalue weighted by Gasteiger charge is 2.30. The summed E-state index contributed by atoms with van der Waals surface area (Å²) in [7, 11) is 0. The molecule has 20 heavy (non-hydrogen) atoms. The van der Waals surface area contributed by atoms with E-state index in [1.165, 1.54) is 77.0 Å². The summed E-state index contributed by atoms with van der Waals surface area (Å²) in [5.74, 6) is 0. The molecule has 2 aliphatic carbocycles. The Bertz CT molecular complexity index is 263. The molecule has 0 aliphatic heterocycles. The summed E-state index contributed by atoms with van der Waals surface area (Å²) in [5, 5.41) is 4.59. The highest BCUT2D eigenvalue weighted by molar-refractivity contribution is 7.80. The van der Waals surface area contributed by atoms with E-state index in [2.05, 4.69) is 17.1 Å². The van der Waals surface area contributed by atoms with Crippen molar-refractivity contribution in [3.05, 3.63) is 0 Å². The summed E-state index contributed by atoms with van der Waals surface area (Å²) in [6, 6.07) is 1.43. The average Bonchev–Trinajstić information content (AvgIpc) is 2.50. The van der Waals surface area contributed by atoms with Crippen LogP contribution >= 0.6 is 12.2 Å². The van der Waals surface area contributed by atoms with Gasteiger partial charge in [0, 0.05) is 18.6 Å². The molecule has 0 aromatic rings. The van der Waals surface area contributed by atoms with Crippen LogP contribution in [0.1, 0.15) is 84.0 Å². The molecule has 1 N–H and O–H groups in total. The van der Waals surface area contributed by atoms with E-state index >= 15 is 0 Å². The van der Waals surface area contributed by atoms with Crippen molar-refractivity contribution >= 4 is 17.3 Å². The second-order valence-electron chi connectivity index (χ2n) is 6.58. The molecule has 2 rings (SSSR count). The Balaban J connectivity index is 1.95. The molecule has 0 unspecified atom stereocenters. The molecule has 0 aromatic heterocycles. The minimum Gasteiger partial charge on any atom is -0.363 e. The van der Waals surface area contributed by atoms with E-state index in [1.54, 1.807) is 0 Å². The van der Waals surface area contributed by atoms with Crippen LogP contribution in [0.5, 0.6) is 0 Å². The van der Waals surface area contributed by atoms with Crippen molar-refractivity contribution in [3.63, 3.8) is 0 Å². The number of unbranched alkanes of at least 4 members (excludes halogenated alkanes) is 1. The number of thiocarbonyl (C=S) groups is 1. The van der Waals surface area contributed by atoms with Gasteiger partial charge in [0.25, 0.3) is 0 Å². The first-order valence-corrected chi connectivity index (χ1v) is 9.30. The molecular formula is C17H32N2S. The predicted molar refractivity (Wildman–Crippen MR) is 91.1 cm³/mol. The van der Waals surface area contributed by atoms with Crippen LogP contribution in [-0.2, 0) is 0 Å². The highest BCUT2D eigenvalue weighted by Crippen LogP contribution is 2.30. The molecular weight excluding hydrogens is 264 g/mol. The van der Waals surface area contributed by atoms with Crippen LogP contribution < -0.4 is 5.32 Å². The fourth-order valence-electron chi connectivity index (χ4n) is 3.81. The monoisotopic (exact) mass is 296 g/mol. The maximum absolute atomic E-state index is 5.77. The number of hydrogen-bond donors (Lipinski definition) is 1. The molecule has 0 radical (unpaired) electrons. The lowest BCUT2D eigenvalue weighted by Gasteiger charge is -2.43. The Labute approximate surface area is 130 Å². The summed E-state index contributed by atoms with van der Waals surface area (Å²) in [5.41, 5.74) is 0. The van der Waals surface area contributed by atoms with E-state index in [9.17, 15) is 0 Å². The van der Waals surface area contributed by atoms with Gasteiger partial charge in [0.05, 0.1) is 0 Å². The van der Waals surface area contributed by atoms with E-state index in [0.29, 0.717) is 12.1 Å². The maximum atomic E-state index is 5.77.